The average Bonchev–Trinajstić information content (AvgIpc) is 2.69. The molecule has 0 radical (unpaired) electrons. The number of methoxy groups -OCH3 is 1. The molecule has 0 spiro atoms. The van der Waals surface area contributed by atoms with Crippen LogP contribution in [0.3, 0.4) is 0 Å². The van der Waals surface area contributed by atoms with Crippen LogP contribution in [0.5, 0.6) is 5.75 Å². The highest BCUT2D eigenvalue weighted by Crippen LogP contribution is 2.26. The molecule has 2 aromatic rings. The van der Waals surface area contributed by atoms with Crippen molar-refractivity contribution < 1.29 is 14.3 Å². The van der Waals surface area contributed by atoms with E-state index in [2.05, 4.69) is 27.9 Å². The van der Waals surface area contributed by atoms with E-state index in [9.17, 15) is 9.59 Å². The van der Waals surface area contributed by atoms with Gasteiger partial charge < -0.3 is 15.0 Å². The Hall–Kier alpha value is -1.80. The first-order chi connectivity index (χ1) is 13.0. The van der Waals surface area contributed by atoms with E-state index in [0.717, 1.165) is 9.32 Å². The number of ether oxygens (including phenoxy) is 1. The molecule has 1 aliphatic heterocycles. The molecule has 0 saturated carbocycles. The normalized spacial score (nSPS) is 14.7. The summed E-state index contributed by atoms with van der Waals surface area (Å²) in [4.78, 5) is 26.9. The molecule has 3 rings (SSSR count). The smallest absolute Gasteiger partial charge is 0.321 e. The minimum absolute atomic E-state index is 0.0654. The Morgan fingerprint density at radius 1 is 1.15 bits per heavy atom. The van der Waals surface area contributed by atoms with Gasteiger partial charge in [-0.1, -0.05) is 11.6 Å². The fraction of sp³-hybridized carbons (Fsp3) is 0.300. The number of carbonyl (C=O) groups is 2. The Labute approximate surface area is 177 Å². The number of Topliss-reactive ketones (excluding diaryl/α,β-unsaturated/α-hetero) is 1. The zero-order chi connectivity index (χ0) is 19.4. The number of nitrogens with zero attached hydrogens (tertiary/aromatic N) is 1. The van der Waals surface area contributed by atoms with Gasteiger partial charge in [0.25, 0.3) is 0 Å². The number of benzene rings is 2. The van der Waals surface area contributed by atoms with Gasteiger partial charge in [0.05, 0.1) is 17.8 Å². The van der Waals surface area contributed by atoms with Gasteiger partial charge in [-0.15, -0.1) is 0 Å². The monoisotopic (exact) mass is 498 g/mol. The van der Waals surface area contributed by atoms with Gasteiger partial charge in [-0.3, -0.25) is 4.79 Å². The molecular formula is C20H20ClIN2O3. The van der Waals surface area contributed by atoms with Gasteiger partial charge in [0.1, 0.15) is 5.75 Å². The number of ketones is 1. The summed E-state index contributed by atoms with van der Waals surface area (Å²) in [6, 6.07) is 12.5. The van der Waals surface area contributed by atoms with E-state index in [1.165, 1.54) is 0 Å². The lowest BCUT2D eigenvalue weighted by Gasteiger charge is -2.31. The first kappa shape index (κ1) is 19.9. The molecule has 0 aliphatic carbocycles. The molecule has 2 aromatic carbocycles. The van der Waals surface area contributed by atoms with Gasteiger partial charge in [0, 0.05) is 28.1 Å². The number of amides is 2. The summed E-state index contributed by atoms with van der Waals surface area (Å²) in [7, 11) is 1.60. The largest absolute Gasteiger partial charge is 0.497 e. The zero-order valence-corrected chi connectivity index (χ0v) is 17.8. The minimum atomic E-state index is -0.187. The van der Waals surface area contributed by atoms with Crippen molar-refractivity contribution in [3.05, 3.63) is 56.6 Å². The molecule has 1 saturated heterocycles. The number of anilines is 1. The van der Waals surface area contributed by atoms with E-state index in [4.69, 9.17) is 16.3 Å². The van der Waals surface area contributed by atoms with Crippen LogP contribution in [0.2, 0.25) is 5.02 Å². The van der Waals surface area contributed by atoms with Gasteiger partial charge in [-0.25, -0.2) is 4.79 Å². The minimum Gasteiger partial charge on any atom is -0.497 e. The maximum atomic E-state index is 12.7. The quantitative estimate of drug-likeness (QED) is 0.472. The Bertz CT molecular complexity index is 834. The third-order valence-corrected chi connectivity index (χ3v) is 5.68. The van der Waals surface area contributed by atoms with Crippen molar-refractivity contribution in [2.45, 2.75) is 12.8 Å². The highest BCUT2D eigenvalue weighted by molar-refractivity contribution is 14.1. The number of hydrogen-bond donors (Lipinski definition) is 1. The van der Waals surface area contributed by atoms with Gasteiger partial charge in [-0.05, 0) is 77.9 Å². The molecular weight excluding hydrogens is 479 g/mol. The number of carbonyl (C=O) groups excluding carboxylic acids is 2. The number of likely N-dealkylation sites (tertiary alicyclic amines) is 1. The van der Waals surface area contributed by atoms with Crippen molar-refractivity contribution in [2.75, 3.05) is 25.5 Å². The van der Waals surface area contributed by atoms with Crippen LogP contribution in [-0.4, -0.2) is 36.9 Å². The van der Waals surface area contributed by atoms with E-state index >= 15 is 0 Å². The summed E-state index contributed by atoms with van der Waals surface area (Å²) in [5, 5.41) is 3.36. The predicted molar refractivity (Wildman–Crippen MR) is 115 cm³/mol. The number of nitrogens with one attached hydrogen (secondary N) is 1. The molecule has 142 valence electrons. The van der Waals surface area contributed by atoms with Gasteiger partial charge in [-0.2, -0.15) is 0 Å². The van der Waals surface area contributed by atoms with Crippen molar-refractivity contribution in [3.8, 4) is 5.75 Å². The lowest BCUT2D eigenvalue weighted by molar-refractivity contribution is 0.0859. The number of hydrogen-bond acceptors (Lipinski definition) is 3. The van der Waals surface area contributed by atoms with Crippen LogP contribution >= 0.6 is 34.2 Å². The van der Waals surface area contributed by atoms with E-state index in [1.54, 1.807) is 48.4 Å². The number of piperidine rings is 1. The van der Waals surface area contributed by atoms with Crippen molar-refractivity contribution in [1.82, 2.24) is 4.90 Å². The molecule has 1 N–H and O–H groups in total. The van der Waals surface area contributed by atoms with Crippen molar-refractivity contribution in [2.24, 2.45) is 5.92 Å². The molecule has 0 aromatic heterocycles. The molecule has 0 atom stereocenters. The molecule has 1 fully saturated rings. The molecule has 5 nitrogen and oxygen atoms in total. The number of rotatable bonds is 4. The summed E-state index contributed by atoms with van der Waals surface area (Å²) in [6.07, 6.45) is 1.30. The third-order valence-electron chi connectivity index (χ3n) is 4.70. The van der Waals surface area contributed by atoms with E-state index < -0.39 is 0 Å². The molecule has 0 unspecified atom stereocenters. The van der Waals surface area contributed by atoms with Crippen LogP contribution in [0, 0.1) is 9.49 Å². The first-order valence-corrected chi connectivity index (χ1v) is 10.1. The second kappa shape index (κ2) is 8.93. The van der Waals surface area contributed by atoms with Crippen molar-refractivity contribution in [3.63, 3.8) is 0 Å². The maximum Gasteiger partial charge on any atom is 0.321 e. The molecule has 2 amide bonds. The van der Waals surface area contributed by atoms with Crippen molar-refractivity contribution >= 4 is 51.7 Å². The van der Waals surface area contributed by atoms with Crippen molar-refractivity contribution in [1.29, 1.82) is 0 Å². The highest BCUT2D eigenvalue weighted by atomic mass is 127. The Morgan fingerprint density at radius 3 is 2.41 bits per heavy atom. The van der Waals surface area contributed by atoms with Gasteiger partial charge in [0.2, 0.25) is 0 Å². The van der Waals surface area contributed by atoms with Crippen LogP contribution < -0.4 is 10.1 Å². The molecule has 7 heteroatoms. The van der Waals surface area contributed by atoms with E-state index in [1.807, 2.05) is 6.07 Å². The van der Waals surface area contributed by atoms with Gasteiger partial charge >= 0.3 is 6.03 Å². The van der Waals surface area contributed by atoms with Crippen LogP contribution in [-0.2, 0) is 0 Å². The summed E-state index contributed by atoms with van der Waals surface area (Å²) in [5.41, 5.74) is 1.28. The Balaban J connectivity index is 1.56. The van der Waals surface area contributed by atoms with Crippen LogP contribution in [0.1, 0.15) is 23.2 Å². The van der Waals surface area contributed by atoms with Crippen LogP contribution in [0.25, 0.3) is 0 Å². The van der Waals surface area contributed by atoms with E-state index in [-0.39, 0.29) is 17.7 Å². The predicted octanol–water partition coefficient (Wildman–Crippen LogP) is 5.08. The van der Waals surface area contributed by atoms with Crippen LogP contribution in [0.4, 0.5) is 10.5 Å². The maximum absolute atomic E-state index is 12.7. The average molecular weight is 499 g/mol. The highest BCUT2D eigenvalue weighted by Gasteiger charge is 2.28. The summed E-state index contributed by atoms with van der Waals surface area (Å²) >= 11 is 8.34. The summed E-state index contributed by atoms with van der Waals surface area (Å²) < 4.78 is 6.13. The summed E-state index contributed by atoms with van der Waals surface area (Å²) in [6.45, 7) is 1.08. The first-order valence-electron chi connectivity index (χ1n) is 8.67. The molecule has 1 aliphatic rings. The topological polar surface area (TPSA) is 58.6 Å². The molecule has 1 heterocycles. The molecule has 0 bridgehead atoms. The standard InChI is InChI=1S/C20H20ClIN2O3/c1-27-16-5-2-13(3-6-16)19(25)14-8-10-24(11-9-14)20(26)23-18-7-4-15(22)12-17(18)21/h2-7,12,14H,8-11H2,1H3,(H,23,26). The second-order valence-electron chi connectivity index (χ2n) is 6.41. The van der Waals surface area contributed by atoms with Crippen LogP contribution in [0.15, 0.2) is 42.5 Å². The SMILES string of the molecule is COc1ccc(C(=O)C2CCN(C(=O)Nc3ccc(I)cc3Cl)CC2)cc1. The lowest BCUT2D eigenvalue weighted by atomic mass is 9.89. The number of halogens is 2. The molecule has 27 heavy (non-hydrogen) atoms. The Kier molecular flexibility index (Phi) is 6.59. The lowest BCUT2D eigenvalue weighted by Crippen LogP contribution is -2.42. The second-order valence-corrected chi connectivity index (χ2v) is 8.06. The number of urea groups is 1. The fourth-order valence-electron chi connectivity index (χ4n) is 3.12. The zero-order valence-electron chi connectivity index (χ0n) is 14.9. The van der Waals surface area contributed by atoms with E-state index in [0.29, 0.717) is 42.2 Å². The third kappa shape index (κ3) is 4.93. The van der Waals surface area contributed by atoms with Gasteiger partial charge in [0.15, 0.2) is 5.78 Å². The fourth-order valence-corrected chi connectivity index (χ4v) is 4.02. The Morgan fingerprint density at radius 2 is 1.81 bits per heavy atom. The summed E-state index contributed by atoms with van der Waals surface area (Å²) in [5.74, 6) is 0.787.